The molecule has 1 heterocycles. The van der Waals surface area contributed by atoms with Crippen LogP contribution in [0.3, 0.4) is 0 Å². The Morgan fingerprint density at radius 2 is 1.77 bits per heavy atom. The fourth-order valence-corrected chi connectivity index (χ4v) is 2.85. The van der Waals surface area contributed by atoms with Gasteiger partial charge >= 0.3 is 0 Å². The van der Waals surface area contributed by atoms with E-state index >= 15 is 0 Å². The van der Waals surface area contributed by atoms with Crippen LogP contribution < -0.4 is 10.6 Å². The lowest BCUT2D eigenvalue weighted by Gasteiger charge is -2.04. The molecule has 0 fully saturated rings. The number of halogens is 2. The summed E-state index contributed by atoms with van der Waals surface area (Å²) in [6.07, 6.45) is -0.0588. The molecule has 3 aromatic rings. The molecule has 0 aliphatic rings. The normalized spacial score (nSPS) is 10.4. The van der Waals surface area contributed by atoms with Crippen LogP contribution in [-0.2, 0) is 11.2 Å². The molecule has 0 radical (unpaired) electrons. The number of thiazole rings is 1. The van der Waals surface area contributed by atoms with Crippen molar-refractivity contribution < 1.29 is 18.4 Å². The minimum Gasteiger partial charge on any atom is -0.326 e. The van der Waals surface area contributed by atoms with Gasteiger partial charge in [-0.25, -0.2) is 13.8 Å². The van der Waals surface area contributed by atoms with Crippen LogP contribution in [0.2, 0.25) is 0 Å². The van der Waals surface area contributed by atoms with Gasteiger partial charge < -0.3 is 5.32 Å². The zero-order valence-electron chi connectivity index (χ0n) is 13.3. The molecule has 2 amide bonds. The van der Waals surface area contributed by atoms with Crippen molar-refractivity contribution in [2.75, 3.05) is 10.6 Å². The predicted octanol–water partition coefficient (Wildman–Crippen LogP) is 3.85. The first-order chi connectivity index (χ1) is 12.5. The Morgan fingerprint density at radius 3 is 2.50 bits per heavy atom. The van der Waals surface area contributed by atoms with E-state index in [-0.39, 0.29) is 18.0 Å². The summed E-state index contributed by atoms with van der Waals surface area (Å²) in [5.41, 5.74) is 1.11. The number of hydrogen-bond acceptors (Lipinski definition) is 4. The largest absolute Gasteiger partial charge is 0.326 e. The summed E-state index contributed by atoms with van der Waals surface area (Å²) >= 11 is 1.19. The van der Waals surface area contributed by atoms with Crippen LogP contribution in [0.25, 0.3) is 0 Å². The fourth-order valence-electron chi connectivity index (χ4n) is 2.15. The number of rotatable bonds is 5. The van der Waals surface area contributed by atoms with Gasteiger partial charge in [0.1, 0.15) is 0 Å². The number of aromatic nitrogens is 1. The molecule has 0 unspecified atom stereocenters. The molecule has 3 rings (SSSR count). The van der Waals surface area contributed by atoms with E-state index in [0.717, 1.165) is 12.1 Å². The van der Waals surface area contributed by atoms with Gasteiger partial charge in [-0.1, -0.05) is 18.2 Å². The SMILES string of the molecule is O=C(Cc1csc(NC(=O)c2ccccc2)n1)Nc1ccc(F)c(F)c1. The zero-order valence-corrected chi connectivity index (χ0v) is 14.1. The van der Waals surface area contributed by atoms with Crippen LogP contribution in [-0.4, -0.2) is 16.8 Å². The number of benzene rings is 2. The molecule has 0 aliphatic carbocycles. The van der Waals surface area contributed by atoms with E-state index in [1.54, 1.807) is 29.6 Å². The Morgan fingerprint density at radius 1 is 1.00 bits per heavy atom. The highest BCUT2D eigenvalue weighted by Crippen LogP contribution is 2.18. The Bertz CT molecular complexity index is 945. The summed E-state index contributed by atoms with van der Waals surface area (Å²) in [6.45, 7) is 0. The van der Waals surface area contributed by atoms with Crippen molar-refractivity contribution in [3.05, 3.63) is 76.8 Å². The second-order valence-corrected chi connectivity index (χ2v) is 6.18. The van der Waals surface area contributed by atoms with Crippen molar-refractivity contribution >= 4 is 34.0 Å². The fraction of sp³-hybridized carbons (Fsp3) is 0.0556. The van der Waals surface area contributed by atoms with Crippen LogP contribution in [0, 0.1) is 11.6 Å². The van der Waals surface area contributed by atoms with Crippen molar-refractivity contribution in [2.45, 2.75) is 6.42 Å². The third kappa shape index (κ3) is 4.48. The average Bonchev–Trinajstić information content (AvgIpc) is 3.05. The molecule has 132 valence electrons. The molecule has 0 aliphatic heterocycles. The Hall–Kier alpha value is -3.13. The van der Waals surface area contributed by atoms with Crippen molar-refractivity contribution in [1.82, 2.24) is 4.98 Å². The zero-order chi connectivity index (χ0) is 18.5. The standard InChI is InChI=1S/C18H13F2N3O2S/c19-14-7-6-12(8-15(14)20)21-16(24)9-13-10-26-18(22-13)23-17(25)11-4-2-1-3-5-11/h1-8,10H,9H2,(H,21,24)(H,22,23,25). The average molecular weight is 373 g/mol. The van der Waals surface area contributed by atoms with Crippen LogP contribution in [0.5, 0.6) is 0 Å². The van der Waals surface area contributed by atoms with Crippen LogP contribution in [0.4, 0.5) is 19.6 Å². The second-order valence-electron chi connectivity index (χ2n) is 5.32. The lowest BCUT2D eigenvalue weighted by atomic mass is 10.2. The highest BCUT2D eigenvalue weighted by molar-refractivity contribution is 7.14. The van der Waals surface area contributed by atoms with E-state index in [2.05, 4.69) is 15.6 Å². The lowest BCUT2D eigenvalue weighted by molar-refractivity contribution is -0.115. The predicted molar refractivity (Wildman–Crippen MR) is 95.2 cm³/mol. The first-order valence-corrected chi connectivity index (χ1v) is 8.45. The highest BCUT2D eigenvalue weighted by atomic mass is 32.1. The highest BCUT2D eigenvalue weighted by Gasteiger charge is 2.12. The summed E-state index contributed by atoms with van der Waals surface area (Å²) in [7, 11) is 0. The van der Waals surface area contributed by atoms with Gasteiger partial charge in [-0.05, 0) is 24.3 Å². The molecule has 0 saturated carbocycles. The number of anilines is 2. The number of amides is 2. The summed E-state index contributed by atoms with van der Waals surface area (Å²) in [5.74, 6) is -2.75. The Labute approximate surface area is 151 Å². The van der Waals surface area contributed by atoms with Gasteiger partial charge in [0.15, 0.2) is 16.8 Å². The molecule has 0 atom stereocenters. The molecule has 8 heteroatoms. The van der Waals surface area contributed by atoms with Crippen LogP contribution in [0.1, 0.15) is 16.1 Å². The minimum atomic E-state index is -1.04. The van der Waals surface area contributed by atoms with Gasteiger partial charge in [-0.15, -0.1) is 11.3 Å². The van der Waals surface area contributed by atoms with Crippen LogP contribution in [0.15, 0.2) is 53.9 Å². The van der Waals surface area contributed by atoms with E-state index < -0.39 is 17.5 Å². The molecule has 0 saturated heterocycles. The van der Waals surface area contributed by atoms with Gasteiger partial charge in [0.25, 0.3) is 5.91 Å². The number of carbonyl (C=O) groups is 2. The van der Waals surface area contributed by atoms with Crippen molar-refractivity contribution in [2.24, 2.45) is 0 Å². The van der Waals surface area contributed by atoms with Crippen molar-refractivity contribution in [1.29, 1.82) is 0 Å². The van der Waals surface area contributed by atoms with E-state index in [1.165, 1.54) is 17.4 Å². The molecular weight excluding hydrogens is 360 g/mol. The summed E-state index contributed by atoms with van der Waals surface area (Å²) in [5, 5.41) is 7.14. The van der Waals surface area contributed by atoms with E-state index in [4.69, 9.17) is 0 Å². The topological polar surface area (TPSA) is 71.1 Å². The maximum Gasteiger partial charge on any atom is 0.257 e. The number of nitrogens with one attached hydrogen (secondary N) is 2. The molecule has 2 aromatic carbocycles. The number of hydrogen-bond donors (Lipinski definition) is 2. The van der Waals surface area contributed by atoms with Crippen molar-refractivity contribution in [3.63, 3.8) is 0 Å². The van der Waals surface area contributed by atoms with E-state index in [9.17, 15) is 18.4 Å². The molecule has 1 aromatic heterocycles. The third-order valence-electron chi connectivity index (χ3n) is 3.35. The van der Waals surface area contributed by atoms with E-state index in [1.807, 2.05) is 6.07 Å². The quantitative estimate of drug-likeness (QED) is 0.714. The van der Waals surface area contributed by atoms with Gasteiger partial charge in [-0.3, -0.25) is 14.9 Å². The Balaban J connectivity index is 1.58. The smallest absolute Gasteiger partial charge is 0.257 e. The maximum absolute atomic E-state index is 13.1. The van der Waals surface area contributed by atoms with Crippen LogP contribution >= 0.6 is 11.3 Å². The molecule has 5 nitrogen and oxygen atoms in total. The molecule has 0 bridgehead atoms. The molecule has 0 spiro atoms. The summed E-state index contributed by atoms with van der Waals surface area (Å²) in [4.78, 5) is 28.2. The summed E-state index contributed by atoms with van der Waals surface area (Å²) in [6, 6.07) is 11.8. The van der Waals surface area contributed by atoms with Gasteiger partial charge in [0.2, 0.25) is 5.91 Å². The maximum atomic E-state index is 13.1. The number of carbonyl (C=O) groups excluding carboxylic acids is 2. The monoisotopic (exact) mass is 373 g/mol. The van der Waals surface area contributed by atoms with Crippen molar-refractivity contribution in [3.8, 4) is 0 Å². The molecular formula is C18H13F2N3O2S. The molecule has 26 heavy (non-hydrogen) atoms. The third-order valence-corrected chi connectivity index (χ3v) is 4.16. The van der Waals surface area contributed by atoms with E-state index in [0.29, 0.717) is 16.4 Å². The number of nitrogens with zero attached hydrogens (tertiary/aromatic N) is 1. The van der Waals surface area contributed by atoms with Gasteiger partial charge in [-0.2, -0.15) is 0 Å². The second kappa shape index (κ2) is 7.83. The lowest BCUT2D eigenvalue weighted by Crippen LogP contribution is -2.15. The first kappa shape index (κ1) is 17.7. The van der Waals surface area contributed by atoms with Gasteiger partial charge in [0, 0.05) is 22.7 Å². The summed E-state index contributed by atoms with van der Waals surface area (Å²) < 4.78 is 26.0. The first-order valence-electron chi connectivity index (χ1n) is 7.57. The van der Waals surface area contributed by atoms with Gasteiger partial charge in [0.05, 0.1) is 12.1 Å². The minimum absolute atomic E-state index is 0.0588. The Kier molecular flexibility index (Phi) is 5.33. The molecule has 2 N–H and O–H groups in total.